The topological polar surface area (TPSA) is 146 Å². The zero-order valence-corrected chi connectivity index (χ0v) is 25.3. The number of rotatable bonds is 7. The van der Waals surface area contributed by atoms with E-state index in [9.17, 15) is 28.7 Å². The van der Waals surface area contributed by atoms with E-state index < -0.39 is 30.5 Å². The van der Waals surface area contributed by atoms with E-state index in [0.29, 0.717) is 37.9 Å². The lowest BCUT2D eigenvalue weighted by Crippen LogP contribution is -2.39. The molecule has 230 valence electrons. The first-order chi connectivity index (χ1) is 21.6. The minimum Gasteiger partial charge on any atom is -0.491 e. The van der Waals surface area contributed by atoms with Crippen LogP contribution in [0.1, 0.15) is 21.7 Å². The number of pyridine rings is 2. The van der Waals surface area contributed by atoms with Crippen LogP contribution in [-0.4, -0.2) is 69.3 Å². The van der Waals surface area contributed by atoms with Gasteiger partial charge < -0.3 is 20.1 Å². The van der Waals surface area contributed by atoms with Crippen molar-refractivity contribution in [1.82, 2.24) is 24.8 Å². The van der Waals surface area contributed by atoms with Gasteiger partial charge in [0.1, 0.15) is 29.8 Å². The molecule has 1 aromatic carbocycles. The molecule has 1 fully saturated rings. The summed E-state index contributed by atoms with van der Waals surface area (Å²) < 4.78 is 36.9. The number of carboxylic acids is 1. The summed E-state index contributed by atoms with van der Waals surface area (Å²) in [7, 11) is 0. The number of aromatic carboxylic acids is 1. The average molecular weight is 652 g/mol. The van der Waals surface area contributed by atoms with E-state index in [1.54, 1.807) is 31.2 Å². The quantitative estimate of drug-likeness (QED) is 0.253. The number of alkyl halides is 2. The number of thiophene rings is 1. The van der Waals surface area contributed by atoms with Crippen LogP contribution in [0.3, 0.4) is 0 Å². The highest BCUT2D eigenvalue weighted by Gasteiger charge is 2.35. The molecule has 5 aromatic rings. The molecule has 1 saturated heterocycles. The Labute approximate surface area is 263 Å². The van der Waals surface area contributed by atoms with Gasteiger partial charge in [-0.1, -0.05) is 11.6 Å². The largest absolute Gasteiger partial charge is 0.491 e. The fraction of sp³-hybridized carbons (Fsp3) is 0.267. The van der Waals surface area contributed by atoms with Gasteiger partial charge in [-0.25, -0.2) is 23.5 Å². The Hall–Kier alpha value is -4.71. The standard InChI is InChI=1S/C30H24ClF2N7O4S/c1-16-38-25-23(17(11-34)12-37-27(25)39-7-6-35-14-30(32,33)15-39)28(41)40(16)8-9-44-22-3-2-18(31)10-20(22)19-4-5-36-24-21(29(42)43)13-45-26(19)24/h2-5,10,12-13,35H,6-9,14-15H2,1H3,(H,42,43). The molecule has 0 saturated carbocycles. The second-order valence-electron chi connectivity index (χ2n) is 10.4. The van der Waals surface area contributed by atoms with Crippen molar-refractivity contribution in [2.24, 2.45) is 0 Å². The second-order valence-corrected chi connectivity index (χ2v) is 11.7. The van der Waals surface area contributed by atoms with Gasteiger partial charge in [-0.05, 0) is 31.2 Å². The average Bonchev–Trinajstić information content (AvgIpc) is 3.37. The van der Waals surface area contributed by atoms with Crippen LogP contribution in [0.25, 0.3) is 32.2 Å². The Balaban J connectivity index is 1.33. The van der Waals surface area contributed by atoms with Gasteiger partial charge in [0, 0.05) is 47.0 Å². The molecule has 0 amide bonds. The number of carbonyl (C=O) groups is 1. The first kappa shape index (κ1) is 30.3. The number of nitrogens with one attached hydrogen (secondary N) is 1. The normalized spacial score (nSPS) is 14.8. The number of hydrogen-bond donors (Lipinski definition) is 2. The van der Waals surface area contributed by atoms with Crippen LogP contribution in [0.2, 0.25) is 5.02 Å². The van der Waals surface area contributed by atoms with E-state index in [2.05, 4.69) is 20.3 Å². The Bertz CT molecular complexity index is 2080. The molecule has 0 spiro atoms. The molecule has 15 heteroatoms. The Morgan fingerprint density at radius 2 is 2.09 bits per heavy atom. The Kier molecular flexibility index (Phi) is 8.08. The molecule has 11 nitrogen and oxygen atoms in total. The van der Waals surface area contributed by atoms with Crippen molar-refractivity contribution in [1.29, 1.82) is 5.26 Å². The van der Waals surface area contributed by atoms with Crippen molar-refractivity contribution in [3.8, 4) is 22.9 Å². The monoisotopic (exact) mass is 651 g/mol. The molecule has 45 heavy (non-hydrogen) atoms. The summed E-state index contributed by atoms with van der Waals surface area (Å²) >= 11 is 7.57. The number of carboxylic acid groups (broad SMARTS) is 1. The maximum atomic E-state index is 14.4. The van der Waals surface area contributed by atoms with Gasteiger partial charge >= 0.3 is 5.97 Å². The predicted molar refractivity (Wildman–Crippen MR) is 166 cm³/mol. The van der Waals surface area contributed by atoms with Gasteiger partial charge in [-0.2, -0.15) is 5.26 Å². The number of aryl methyl sites for hydroxylation is 1. The smallest absolute Gasteiger partial charge is 0.338 e. The number of benzene rings is 1. The fourth-order valence-electron chi connectivity index (χ4n) is 5.36. The first-order valence-corrected chi connectivity index (χ1v) is 15.0. The lowest BCUT2D eigenvalue weighted by atomic mass is 10.0. The van der Waals surface area contributed by atoms with E-state index in [0.717, 1.165) is 0 Å². The highest BCUT2D eigenvalue weighted by Crippen LogP contribution is 2.39. The van der Waals surface area contributed by atoms with Crippen molar-refractivity contribution in [2.45, 2.75) is 19.4 Å². The third kappa shape index (κ3) is 5.77. The molecule has 0 atom stereocenters. The van der Waals surface area contributed by atoms with Crippen molar-refractivity contribution in [2.75, 3.05) is 37.7 Å². The molecule has 1 aliphatic heterocycles. The summed E-state index contributed by atoms with van der Waals surface area (Å²) in [5.74, 6) is -3.26. The number of hydrogen-bond acceptors (Lipinski definition) is 10. The van der Waals surface area contributed by atoms with E-state index in [-0.39, 0.29) is 54.1 Å². The van der Waals surface area contributed by atoms with E-state index >= 15 is 0 Å². The van der Waals surface area contributed by atoms with Crippen LogP contribution in [0, 0.1) is 18.3 Å². The number of fused-ring (bicyclic) bond motifs is 2. The van der Waals surface area contributed by atoms with Crippen LogP contribution in [0.15, 0.2) is 46.8 Å². The molecule has 0 radical (unpaired) electrons. The molecule has 5 heterocycles. The first-order valence-electron chi connectivity index (χ1n) is 13.7. The van der Waals surface area contributed by atoms with Crippen LogP contribution >= 0.6 is 22.9 Å². The SMILES string of the molecule is Cc1nc2c(N3CCNCC(F)(F)C3)ncc(C#N)c2c(=O)n1CCOc1ccc(Cl)cc1-c1ccnc2c(C(=O)O)csc12. The lowest BCUT2D eigenvalue weighted by molar-refractivity contribution is 0.0156. The summed E-state index contributed by atoms with van der Waals surface area (Å²) in [5, 5.41) is 24.0. The van der Waals surface area contributed by atoms with Crippen molar-refractivity contribution in [3.63, 3.8) is 0 Å². The zero-order valence-electron chi connectivity index (χ0n) is 23.7. The molecule has 1 aliphatic rings. The summed E-state index contributed by atoms with van der Waals surface area (Å²) in [6.07, 6.45) is 2.73. The highest BCUT2D eigenvalue weighted by atomic mass is 35.5. The summed E-state index contributed by atoms with van der Waals surface area (Å²) in [6.45, 7) is 1.11. The van der Waals surface area contributed by atoms with Crippen LogP contribution in [0.5, 0.6) is 5.75 Å². The molecule has 0 aliphatic carbocycles. The van der Waals surface area contributed by atoms with Gasteiger partial charge in [-0.3, -0.25) is 14.3 Å². The maximum Gasteiger partial charge on any atom is 0.338 e. The van der Waals surface area contributed by atoms with Crippen molar-refractivity contribution >= 4 is 55.8 Å². The number of halogens is 3. The van der Waals surface area contributed by atoms with E-state index in [1.807, 2.05) is 6.07 Å². The van der Waals surface area contributed by atoms with Crippen molar-refractivity contribution in [3.05, 3.63) is 74.4 Å². The van der Waals surface area contributed by atoms with E-state index in [4.69, 9.17) is 16.3 Å². The van der Waals surface area contributed by atoms with Gasteiger partial charge in [-0.15, -0.1) is 11.3 Å². The van der Waals surface area contributed by atoms with Crippen LogP contribution < -0.4 is 20.5 Å². The van der Waals surface area contributed by atoms with Gasteiger partial charge in [0.25, 0.3) is 11.5 Å². The van der Waals surface area contributed by atoms with Gasteiger partial charge in [0.05, 0.1) is 46.4 Å². The lowest BCUT2D eigenvalue weighted by Gasteiger charge is -2.25. The molecular weight excluding hydrogens is 628 g/mol. The maximum absolute atomic E-state index is 14.4. The number of aromatic nitrogens is 4. The van der Waals surface area contributed by atoms with E-state index in [1.165, 1.54) is 38.6 Å². The Morgan fingerprint density at radius 3 is 2.87 bits per heavy atom. The summed E-state index contributed by atoms with van der Waals surface area (Å²) in [5.41, 5.74) is 1.29. The number of ether oxygens (including phenoxy) is 1. The van der Waals surface area contributed by atoms with Crippen molar-refractivity contribution < 1.29 is 23.4 Å². The molecular formula is C30H24ClF2N7O4S. The molecule has 0 unspecified atom stereocenters. The highest BCUT2D eigenvalue weighted by molar-refractivity contribution is 7.18. The summed E-state index contributed by atoms with van der Waals surface area (Å²) in [6, 6.07) is 8.76. The molecule has 6 rings (SSSR count). The second kappa shape index (κ2) is 12.0. The Morgan fingerprint density at radius 1 is 1.27 bits per heavy atom. The number of anilines is 1. The predicted octanol–water partition coefficient (Wildman–Crippen LogP) is 4.72. The minimum absolute atomic E-state index is 0.00749. The molecule has 0 bridgehead atoms. The minimum atomic E-state index is -3.02. The third-order valence-corrected chi connectivity index (χ3v) is 8.67. The number of nitrogens with zero attached hydrogens (tertiary/aromatic N) is 6. The van der Waals surface area contributed by atoms with Crippen LogP contribution in [-0.2, 0) is 6.54 Å². The number of nitriles is 1. The zero-order chi connectivity index (χ0) is 31.9. The van der Waals surface area contributed by atoms with Gasteiger partial charge in [0.15, 0.2) is 5.82 Å². The fourth-order valence-corrected chi connectivity index (χ4v) is 6.56. The summed E-state index contributed by atoms with van der Waals surface area (Å²) in [4.78, 5) is 39.9. The third-order valence-electron chi connectivity index (χ3n) is 7.43. The van der Waals surface area contributed by atoms with Crippen LogP contribution in [0.4, 0.5) is 14.6 Å². The molecule has 4 aromatic heterocycles. The molecule has 2 N–H and O–H groups in total. The van der Waals surface area contributed by atoms with Gasteiger partial charge in [0.2, 0.25) is 0 Å².